The molecule has 2 rings (SSSR count). The van der Waals surface area contributed by atoms with Crippen LogP contribution >= 0.6 is 0 Å². The highest BCUT2D eigenvalue weighted by Crippen LogP contribution is 2.29. The number of benzene rings is 1. The summed E-state index contributed by atoms with van der Waals surface area (Å²) in [6, 6.07) is 6.55. The first-order valence-corrected chi connectivity index (χ1v) is 7.40. The van der Waals surface area contributed by atoms with Crippen molar-refractivity contribution in [3.05, 3.63) is 29.8 Å². The molecule has 1 aromatic carbocycles. The fourth-order valence-corrected chi connectivity index (χ4v) is 3.18. The van der Waals surface area contributed by atoms with Gasteiger partial charge >= 0.3 is 6.36 Å². The number of alkyl halides is 3. The fourth-order valence-electron chi connectivity index (χ4n) is 3.18. The maximum absolute atomic E-state index is 12.1. The highest BCUT2D eigenvalue weighted by Gasteiger charge is 2.31. The van der Waals surface area contributed by atoms with Crippen LogP contribution in [0.1, 0.15) is 38.7 Å². The lowest BCUT2D eigenvalue weighted by molar-refractivity contribution is -0.274. The molecule has 0 saturated heterocycles. The van der Waals surface area contributed by atoms with Crippen molar-refractivity contribution < 1.29 is 17.9 Å². The molecule has 5 heteroatoms. The van der Waals surface area contributed by atoms with Crippen LogP contribution in [0.15, 0.2) is 24.3 Å². The number of nitrogens with one attached hydrogen (secondary N) is 1. The summed E-state index contributed by atoms with van der Waals surface area (Å²) in [5.41, 5.74) is 0.968. The first-order chi connectivity index (χ1) is 9.82. The van der Waals surface area contributed by atoms with Crippen molar-refractivity contribution in [2.75, 3.05) is 0 Å². The molecule has 1 aliphatic rings. The van der Waals surface area contributed by atoms with Gasteiger partial charge in [-0.1, -0.05) is 26.0 Å². The van der Waals surface area contributed by atoms with E-state index in [1.807, 2.05) is 0 Å². The lowest BCUT2D eigenvalue weighted by Gasteiger charge is -2.32. The highest BCUT2D eigenvalue weighted by atomic mass is 19.4. The molecule has 1 fully saturated rings. The second-order valence-corrected chi connectivity index (χ2v) is 6.19. The Labute approximate surface area is 123 Å². The van der Waals surface area contributed by atoms with Crippen LogP contribution in [-0.2, 0) is 6.54 Å². The van der Waals surface area contributed by atoms with Crippen LogP contribution in [-0.4, -0.2) is 12.4 Å². The molecule has 0 amide bonds. The predicted molar refractivity (Wildman–Crippen MR) is 75.9 cm³/mol. The van der Waals surface area contributed by atoms with Gasteiger partial charge in [0.2, 0.25) is 0 Å². The molecule has 2 nitrogen and oxygen atoms in total. The van der Waals surface area contributed by atoms with Gasteiger partial charge in [-0.2, -0.15) is 0 Å². The van der Waals surface area contributed by atoms with Crippen molar-refractivity contribution in [3.63, 3.8) is 0 Å². The van der Waals surface area contributed by atoms with Crippen molar-refractivity contribution in [1.82, 2.24) is 5.32 Å². The Morgan fingerprint density at radius 2 is 1.62 bits per heavy atom. The Hall–Kier alpha value is -1.23. The Kier molecular flexibility index (Phi) is 5.14. The van der Waals surface area contributed by atoms with Gasteiger partial charge in [0, 0.05) is 12.6 Å². The third kappa shape index (κ3) is 5.58. The lowest BCUT2D eigenvalue weighted by atomic mass is 9.80. The van der Waals surface area contributed by atoms with Crippen LogP contribution in [0.5, 0.6) is 5.75 Å². The van der Waals surface area contributed by atoms with E-state index in [0.29, 0.717) is 12.6 Å². The molecule has 0 spiro atoms. The Morgan fingerprint density at radius 1 is 1.05 bits per heavy atom. The Bertz CT molecular complexity index is 434. The summed E-state index contributed by atoms with van der Waals surface area (Å²) in [6.07, 6.45) is -1.02. The molecule has 2 unspecified atom stereocenters. The maximum atomic E-state index is 12.1. The van der Waals surface area contributed by atoms with Crippen molar-refractivity contribution in [1.29, 1.82) is 0 Å². The van der Waals surface area contributed by atoms with Gasteiger partial charge < -0.3 is 10.1 Å². The zero-order valence-electron chi connectivity index (χ0n) is 12.4. The molecule has 2 atom stereocenters. The van der Waals surface area contributed by atoms with Crippen molar-refractivity contribution in [3.8, 4) is 5.75 Å². The largest absolute Gasteiger partial charge is 0.573 e. The van der Waals surface area contributed by atoms with Crippen LogP contribution in [0.3, 0.4) is 0 Å². The van der Waals surface area contributed by atoms with E-state index in [4.69, 9.17) is 0 Å². The number of ether oxygens (including phenoxy) is 1. The van der Waals surface area contributed by atoms with E-state index in [9.17, 15) is 13.2 Å². The second kappa shape index (κ2) is 6.69. The molecule has 1 N–H and O–H groups in total. The summed E-state index contributed by atoms with van der Waals surface area (Å²) in [5.74, 6) is 1.29. The normalized spacial score (nSPS) is 26.6. The SMILES string of the molecule is CC1CC(C)CC(NCc2ccc(OC(F)(F)F)cc2)C1. The van der Waals surface area contributed by atoms with E-state index >= 15 is 0 Å². The fraction of sp³-hybridized carbons (Fsp3) is 0.625. The molecular formula is C16H22F3NO. The average Bonchev–Trinajstić information content (AvgIpc) is 2.35. The summed E-state index contributed by atoms with van der Waals surface area (Å²) in [4.78, 5) is 0. The minimum Gasteiger partial charge on any atom is -0.406 e. The summed E-state index contributed by atoms with van der Waals surface area (Å²) >= 11 is 0. The summed E-state index contributed by atoms with van der Waals surface area (Å²) in [7, 11) is 0. The zero-order chi connectivity index (χ0) is 15.5. The minimum atomic E-state index is -4.63. The molecular weight excluding hydrogens is 279 g/mol. The van der Waals surface area contributed by atoms with Gasteiger partial charge in [0.05, 0.1) is 0 Å². The maximum Gasteiger partial charge on any atom is 0.573 e. The van der Waals surface area contributed by atoms with Gasteiger partial charge in [-0.05, 0) is 48.8 Å². The van der Waals surface area contributed by atoms with Gasteiger partial charge in [0.25, 0.3) is 0 Å². The van der Waals surface area contributed by atoms with Crippen LogP contribution < -0.4 is 10.1 Å². The smallest absolute Gasteiger partial charge is 0.406 e. The van der Waals surface area contributed by atoms with Gasteiger partial charge in [-0.25, -0.2) is 0 Å². The molecule has 0 heterocycles. The van der Waals surface area contributed by atoms with E-state index < -0.39 is 6.36 Å². The second-order valence-electron chi connectivity index (χ2n) is 6.19. The van der Waals surface area contributed by atoms with E-state index in [0.717, 1.165) is 17.4 Å². The number of rotatable bonds is 4. The Balaban J connectivity index is 1.83. The van der Waals surface area contributed by atoms with Crippen LogP contribution in [0, 0.1) is 11.8 Å². The highest BCUT2D eigenvalue weighted by molar-refractivity contribution is 5.27. The van der Waals surface area contributed by atoms with Gasteiger partial charge in [-0.3, -0.25) is 0 Å². The monoisotopic (exact) mass is 301 g/mol. The molecule has 0 aromatic heterocycles. The predicted octanol–water partition coefficient (Wildman–Crippen LogP) is 4.50. The summed E-state index contributed by atoms with van der Waals surface area (Å²) in [6.45, 7) is 5.22. The molecule has 1 aromatic rings. The lowest BCUT2D eigenvalue weighted by Crippen LogP contribution is -2.35. The van der Waals surface area contributed by atoms with E-state index in [-0.39, 0.29) is 5.75 Å². The quantitative estimate of drug-likeness (QED) is 0.884. The van der Waals surface area contributed by atoms with Gasteiger partial charge in [0.1, 0.15) is 5.75 Å². The third-order valence-electron chi connectivity index (χ3n) is 3.93. The summed E-state index contributed by atoms with van der Waals surface area (Å²) < 4.78 is 40.1. The number of halogens is 3. The van der Waals surface area contributed by atoms with Gasteiger partial charge in [0.15, 0.2) is 0 Å². The first-order valence-electron chi connectivity index (χ1n) is 7.40. The Morgan fingerprint density at radius 3 is 2.14 bits per heavy atom. The standard InChI is InChI=1S/C16H22F3NO/c1-11-7-12(2)9-14(8-11)20-10-13-3-5-15(6-4-13)21-16(17,18)19/h3-6,11-12,14,20H,7-10H2,1-2H3. The molecule has 1 saturated carbocycles. The number of hydrogen-bond donors (Lipinski definition) is 1. The molecule has 118 valence electrons. The van der Waals surface area contributed by atoms with Gasteiger partial charge in [-0.15, -0.1) is 13.2 Å². The van der Waals surface area contributed by atoms with Crippen molar-refractivity contribution in [2.24, 2.45) is 11.8 Å². The molecule has 0 aliphatic heterocycles. The molecule has 0 bridgehead atoms. The van der Waals surface area contributed by atoms with Crippen LogP contribution in [0.25, 0.3) is 0 Å². The van der Waals surface area contributed by atoms with Crippen molar-refractivity contribution in [2.45, 2.75) is 52.1 Å². The third-order valence-corrected chi connectivity index (χ3v) is 3.93. The first kappa shape index (κ1) is 16.1. The van der Waals surface area contributed by atoms with Crippen LogP contribution in [0.2, 0.25) is 0 Å². The number of hydrogen-bond acceptors (Lipinski definition) is 2. The molecule has 1 aliphatic carbocycles. The zero-order valence-corrected chi connectivity index (χ0v) is 12.4. The van der Waals surface area contributed by atoms with E-state index in [1.165, 1.54) is 31.4 Å². The summed E-state index contributed by atoms with van der Waals surface area (Å²) in [5, 5.41) is 3.50. The van der Waals surface area contributed by atoms with Crippen LogP contribution in [0.4, 0.5) is 13.2 Å². The average molecular weight is 301 g/mol. The molecule has 21 heavy (non-hydrogen) atoms. The van der Waals surface area contributed by atoms with E-state index in [1.54, 1.807) is 12.1 Å². The van der Waals surface area contributed by atoms with E-state index in [2.05, 4.69) is 23.9 Å². The minimum absolute atomic E-state index is 0.175. The van der Waals surface area contributed by atoms with Crippen molar-refractivity contribution >= 4 is 0 Å². The molecule has 0 radical (unpaired) electrons. The topological polar surface area (TPSA) is 21.3 Å².